The van der Waals surface area contributed by atoms with Crippen molar-refractivity contribution in [3.63, 3.8) is 0 Å². The van der Waals surface area contributed by atoms with Gasteiger partial charge in [-0.1, -0.05) is 54.2 Å². The van der Waals surface area contributed by atoms with Crippen molar-refractivity contribution in [1.82, 2.24) is 15.0 Å². The number of nitrogens with zero attached hydrogens (tertiary/aromatic N) is 4. The van der Waals surface area contributed by atoms with Gasteiger partial charge in [0.25, 0.3) is 5.56 Å². The van der Waals surface area contributed by atoms with E-state index in [-0.39, 0.29) is 12.2 Å². The molecule has 5 rings (SSSR count). The van der Waals surface area contributed by atoms with E-state index in [1.807, 2.05) is 66.6 Å². The zero-order chi connectivity index (χ0) is 23.7. The number of thioether (sulfide) groups is 1. The van der Waals surface area contributed by atoms with Crippen LogP contribution in [0.3, 0.4) is 0 Å². The van der Waals surface area contributed by atoms with Gasteiger partial charge in [0.2, 0.25) is 0 Å². The number of aryl methyl sites for hydroxylation is 1. The number of para-hydroxylation sites is 1. The highest BCUT2D eigenvalue weighted by atomic mass is 32.2. The minimum Gasteiger partial charge on any atom is -0.444 e. The number of pyridine rings is 1. The van der Waals surface area contributed by atoms with Crippen LogP contribution in [0, 0.1) is 6.92 Å². The molecule has 0 aliphatic carbocycles. The van der Waals surface area contributed by atoms with Crippen LogP contribution in [-0.2, 0) is 11.3 Å². The second-order valence-electron chi connectivity index (χ2n) is 7.93. The van der Waals surface area contributed by atoms with Crippen molar-refractivity contribution < 1.29 is 9.53 Å². The number of hydrogen-bond acceptors (Lipinski definition) is 7. The Bertz CT molecular complexity index is 1420. The van der Waals surface area contributed by atoms with Gasteiger partial charge in [-0.3, -0.25) is 9.69 Å². The Labute approximate surface area is 200 Å². The van der Waals surface area contributed by atoms with E-state index in [1.165, 1.54) is 11.8 Å². The highest BCUT2D eigenvalue weighted by molar-refractivity contribution is 7.98. The molecule has 8 nitrogen and oxygen atoms in total. The fraction of sp³-hybridized carbons (Fsp3) is 0.200. The molecule has 172 valence electrons. The number of anilines is 3. The first-order valence-corrected chi connectivity index (χ1v) is 12.1. The molecule has 9 heteroatoms. The lowest BCUT2D eigenvalue weighted by molar-refractivity contribution is 0.147. The second-order valence-corrected chi connectivity index (χ2v) is 8.70. The quantitative estimate of drug-likeness (QED) is 0.341. The minimum absolute atomic E-state index is 0.198. The van der Waals surface area contributed by atoms with Gasteiger partial charge in [-0.05, 0) is 36.4 Å². The molecule has 2 aromatic carbocycles. The van der Waals surface area contributed by atoms with E-state index in [4.69, 9.17) is 4.74 Å². The SMILES string of the molecule is CSc1ncc2cc(N3CCN(C(=O)OCc4ccccc4)c4c(C)cccc43)c(=O)[nH]c2n1. The summed E-state index contributed by atoms with van der Waals surface area (Å²) < 4.78 is 5.61. The third kappa shape index (κ3) is 4.10. The summed E-state index contributed by atoms with van der Waals surface area (Å²) in [6.07, 6.45) is 3.18. The van der Waals surface area contributed by atoms with Crippen LogP contribution < -0.4 is 15.4 Å². The van der Waals surface area contributed by atoms with Crippen LogP contribution >= 0.6 is 11.8 Å². The van der Waals surface area contributed by atoms with Crippen LogP contribution in [0.4, 0.5) is 21.9 Å². The number of aromatic amines is 1. The Hall–Kier alpha value is -3.85. The van der Waals surface area contributed by atoms with Gasteiger partial charge in [0.15, 0.2) is 5.16 Å². The normalized spacial score (nSPS) is 13.1. The molecule has 0 radical (unpaired) electrons. The fourth-order valence-corrected chi connectivity index (χ4v) is 4.48. The van der Waals surface area contributed by atoms with Crippen LogP contribution in [0.25, 0.3) is 11.0 Å². The largest absolute Gasteiger partial charge is 0.444 e. The molecule has 0 bridgehead atoms. The predicted molar refractivity (Wildman–Crippen MR) is 134 cm³/mol. The van der Waals surface area contributed by atoms with Crippen LogP contribution in [0.1, 0.15) is 11.1 Å². The number of benzene rings is 2. The number of amides is 1. The Balaban J connectivity index is 1.49. The molecule has 34 heavy (non-hydrogen) atoms. The van der Waals surface area contributed by atoms with E-state index >= 15 is 0 Å². The number of nitrogens with one attached hydrogen (secondary N) is 1. The summed E-state index contributed by atoms with van der Waals surface area (Å²) in [5.74, 6) is 0. The zero-order valence-corrected chi connectivity index (χ0v) is 19.6. The Morgan fingerprint density at radius 2 is 1.94 bits per heavy atom. The maximum Gasteiger partial charge on any atom is 0.414 e. The molecule has 1 N–H and O–H groups in total. The van der Waals surface area contributed by atoms with E-state index in [2.05, 4.69) is 15.0 Å². The standard InChI is InChI=1S/C25H23N5O3S/c1-16-7-6-10-19-21(16)30(25(32)33-15-17-8-4-3-5-9-17)12-11-29(19)20-13-18-14-26-24(34-2)28-22(18)27-23(20)31/h3-10,13-14H,11-12,15H2,1-2H3,(H,26,27,28,31). The lowest BCUT2D eigenvalue weighted by Crippen LogP contribution is -2.44. The van der Waals surface area contributed by atoms with Crippen LogP contribution in [-0.4, -0.2) is 40.4 Å². The Kier molecular flexibility index (Phi) is 5.93. The molecule has 1 amide bonds. The number of ether oxygens (including phenoxy) is 1. The summed E-state index contributed by atoms with van der Waals surface area (Å²) in [7, 11) is 0. The Morgan fingerprint density at radius 3 is 2.74 bits per heavy atom. The third-order valence-electron chi connectivity index (χ3n) is 5.78. The van der Waals surface area contributed by atoms with Crippen molar-refractivity contribution in [3.05, 3.63) is 82.3 Å². The van der Waals surface area contributed by atoms with Gasteiger partial charge < -0.3 is 14.6 Å². The molecule has 1 aliphatic rings. The maximum atomic E-state index is 13.0. The molecular weight excluding hydrogens is 450 g/mol. The van der Waals surface area contributed by atoms with E-state index in [0.29, 0.717) is 29.6 Å². The van der Waals surface area contributed by atoms with Crippen LogP contribution in [0.5, 0.6) is 0 Å². The first kappa shape index (κ1) is 22.0. The van der Waals surface area contributed by atoms with Gasteiger partial charge >= 0.3 is 6.09 Å². The van der Waals surface area contributed by atoms with Crippen molar-refractivity contribution in [1.29, 1.82) is 0 Å². The molecular formula is C25H23N5O3S. The summed E-state index contributed by atoms with van der Waals surface area (Å²) in [4.78, 5) is 41.2. The second kappa shape index (κ2) is 9.18. The molecule has 0 saturated heterocycles. The topological polar surface area (TPSA) is 91.4 Å². The van der Waals surface area contributed by atoms with Crippen LogP contribution in [0.2, 0.25) is 0 Å². The molecule has 2 aromatic heterocycles. The average Bonchev–Trinajstić information content (AvgIpc) is 2.87. The number of H-pyrrole nitrogens is 1. The Morgan fingerprint density at radius 1 is 1.12 bits per heavy atom. The fourth-order valence-electron chi connectivity index (χ4n) is 4.14. The summed E-state index contributed by atoms with van der Waals surface area (Å²) in [6, 6.07) is 17.2. The predicted octanol–water partition coefficient (Wildman–Crippen LogP) is 4.64. The summed E-state index contributed by atoms with van der Waals surface area (Å²) in [5, 5.41) is 1.34. The number of fused-ring (bicyclic) bond motifs is 2. The van der Waals surface area contributed by atoms with Crippen molar-refractivity contribution in [3.8, 4) is 0 Å². The lowest BCUT2D eigenvalue weighted by Gasteiger charge is -2.37. The van der Waals surface area contributed by atoms with E-state index < -0.39 is 6.09 Å². The highest BCUT2D eigenvalue weighted by Crippen LogP contribution is 2.39. The summed E-state index contributed by atoms with van der Waals surface area (Å²) >= 11 is 1.42. The molecule has 0 unspecified atom stereocenters. The van der Waals surface area contributed by atoms with Gasteiger partial charge in [-0.2, -0.15) is 0 Å². The van der Waals surface area contributed by atoms with E-state index in [0.717, 1.165) is 27.9 Å². The highest BCUT2D eigenvalue weighted by Gasteiger charge is 2.31. The van der Waals surface area contributed by atoms with Gasteiger partial charge in [0.05, 0.1) is 11.4 Å². The van der Waals surface area contributed by atoms with Gasteiger partial charge in [-0.25, -0.2) is 14.8 Å². The van der Waals surface area contributed by atoms with Crippen molar-refractivity contribution in [2.45, 2.75) is 18.7 Å². The number of hydrogen-bond donors (Lipinski definition) is 1. The minimum atomic E-state index is -0.413. The molecule has 0 atom stereocenters. The lowest BCUT2D eigenvalue weighted by atomic mass is 10.1. The van der Waals surface area contributed by atoms with Crippen molar-refractivity contribution in [2.24, 2.45) is 0 Å². The van der Waals surface area contributed by atoms with Gasteiger partial charge in [0, 0.05) is 24.7 Å². The monoisotopic (exact) mass is 473 g/mol. The smallest absolute Gasteiger partial charge is 0.414 e. The zero-order valence-electron chi connectivity index (χ0n) is 18.8. The van der Waals surface area contributed by atoms with Crippen molar-refractivity contribution in [2.75, 3.05) is 29.1 Å². The van der Waals surface area contributed by atoms with Crippen LogP contribution in [0.15, 0.2) is 70.7 Å². The summed E-state index contributed by atoms with van der Waals surface area (Å²) in [6.45, 7) is 2.96. The number of carbonyl (C=O) groups excluding carboxylic acids is 1. The van der Waals surface area contributed by atoms with E-state index in [1.54, 1.807) is 17.2 Å². The molecule has 3 heterocycles. The van der Waals surface area contributed by atoms with Crippen molar-refractivity contribution >= 4 is 46.0 Å². The number of aromatic nitrogens is 3. The molecule has 0 spiro atoms. The average molecular weight is 474 g/mol. The number of rotatable bonds is 4. The molecule has 0 saturated carbocycles. The summed E-state index contributed by atoms with van der Waals surface area (Å²) in [5.41, 5.74) is 4.09. The third-order valence-corrected chi connectivity index (χ3v) is 6.34. The maximum absolute atomic E-state index is 13.0. The van der Waals surface area contributed by atoms with Gasteiger partial charge in [0.1, 0.15) is 17.9 Å². The molecule has 1 aliphatic heterocycles. The first-order valence-electron chi connectivity index (χ1n) is 10.8. The molecule has 0 fully saturated rings. The van der Waals surface area contributed by atoms with E-state index in [9.17, 15) is 9.59 Å². The number of carbonyl (C=O) groups is 1. The van der Waals surface area contributed by atoms with Gasteiger partial charge in [-0.15, -0.1) is 0 Å². The first-order chi connectivity index (χ1) is 16.5. The molecule has 4 aromatic rings.